The zero-order valence-electron chi connectivity index (χ0n) is 9.71. The summed E-state index contributed by atoms with van der Waals surface area (Å²) in [5, 5.41) is 17.7. The maximum atomic E-state index is 11.2. The van der Waals surface area contributed by atoms with Crippen molar-refractivity contribution in [1.82, 2.24) is 0 Å². The van der Waals surface area contributed by atoms with Crippen LogP contribution in [0.25, 0.3) is 0 Å². The Balaban J connectivity index is 4.74. The molecule has 2 atom stereocenters. The SMILES string of the molecule is CCOC(=O)CC(C(=O)O)C(OCC)C(=O)O. The van der Waals surface area contributed by atoms with Crippen LogP contribution in [-0.4, -0.2) is 47.4 Å². The summed E-state index contributed by atoms with van der Waals surface area (Å²) in [7, 11) is 0. The predicted molar refractivity (Wildman–Crippen MR) is 55.4 cm³/mol. The number of carboxylic acid groups (broad SMARTS) is 2. The van der Waals surface area contributed by atoms with E-state index in [1.807, 2.05) is 0 Å². The average Bonchev–Trinajstić information content (AvgIpc) is 2.22. The monoisotopic (exact) mass is 248 g/mol. The van der Waals surface area contributed by atoms with E-state index in [1.165, 1.54) is 0 Å². The minimum atomic E-state index is -1.55. The van der Waals surface area contributed by atoms with Crippen LogP contribution in [0.15, 0.2) is 0 Å². The number of aliphatic carboxylic acids is 2. The van der Waals surface area contributed by atoms with Crippen molar-refractivity contribution in [3.05, 3.63) is 0 Å². The zero-order chi connectivity index (χ0) is 13.4. The maximum Gasteiger partial charge on any atom is 0.333 e. The maximum absolute atomic E-state index is 11.2. The lowest BCUT2D eigenvalue weighted by Gasteiger charge is -2.19. The molecule has 0 saturated heterocycles. The topological polar surface area (TPSA) is 110 Å². The first-order valence-electron chi connectivity index (χ1n) is 5.16. The molecule has 0 aliphatic heterocycles. The van der Waals surface area contributed by atoms with Gasteiger partial charge in [-0.25, -0.2) is 4.79 Å². The Labute approximate surface area is 98.3 Å². The molecular formula is C10H16O7. The first-order chi connectivity index (χ1) is 7.93. The summed E-state index contributed by atoms with van der Waals surface area (Å²) in [6.07, 6.45) is -2.08. The lowest BCUT2D eigenvalue weighted by molar-refractivity contribution is -0.167. The van der Waals surface area contributed by atoms with Crippen LogP contribution in [0.1, 0.15) is 20.3 Å². The van der Waals surface area contributed by atoms with Crippen molar-refractivity contribution >= 4 is 17.9 Å². The third-order valence-electron chi connectivity index (χ3n) is 1.96. The first kappa shape index (κ1) is 15.4. The van der Waals surface area contributed by atoms with E-state index < -0.39 is 36.4 Å². The second-order valence-electron chi connectivity index (χ2n) is 3.17. The zero-order valence-corrected chi connectivity index (χ0v) is 9.71. The van der Waals surface area contributed by atoms with Gasteiger partial charge < -0.3 is 19.7 Å². The minimum absolute atomic E-state index is 0.0452. The van der Waals surface area contributed by atoms with Crippen molar-refractivity contribution in [2.75, 3.05) is 13.2 Å². The van der Waals surface area contributed by atoms with Gasteiger partial charge in [0.05, 0.1) is 13.0 Å². The van der Waals surface area contributed by atoms with E-state index >= 15 is 0 Å². The van der Waals surface area contributed by atoms with Gasteiger partial charge in [-0.1, -0.05) is 0 Å². The van der Waals surface area contributed by atoms with Gasteiger partial charge in [-0.3, -0.25) is 9.59 Å². The molecule has 0 fully saturated rings. The fourth-order valence-electron chi connectivity index (χ4n) is 1.26. The molecule has 0 aromatic heterocycles. The second-order valence-corrected chi connectivity index (χ2v) is 3.17. The third kappa shape index (κ3) is 5.30. The van der Waals surface area contributed by atoms with E-state index in [9.17, 15) is 14.4 Å². The van der Waals surface area contributed by atoms with Crippen LogP contribution in [0.5, 0.6) is 0 Å². The highest BCUT2D eigenvalue weighted by Crippen LogP contribution is 2.15. The van der Waals surface area contributed by atoms with Crippen molar-refractivity contribution in [3.63, 3.8) is 0 Å². The van der Waals surface area contributed by atoms with Crippen LogP contribution in [0.4, 0.5) is 0 Å². The Morgan fingerprint density at radius 1 is 1.06 bits per heavy atom. The van der Waals surface area contributed by atoms with Crippen LogP contribution in [-0.2, 0) is 23.9 Å². The number of carbonyl (C=O) groups is 3. The molecule has 0 rings (SSSR count). The molecule has 0 aromatic rings. The van der Waals surface area contributed by atoms with E-state index in [0.717, 1.165) is 0 Å². The Bertz CT molecular complexity index is 286. The standard InChI is InChI=1S/C10H16O7/c1-3-16-7(11)5-6(9(12)13)8(10(14)15)17-4-2/h6,8H,3-5H2,1-2H3,(H,12,13)(H,14,15). The molecule has 0 aliphatic carbocycles. The average molecular weight is 248 g/mol. The molecule has 0 amide bonds. The molecule has 0 aliphatic rings. The van der Waals surface area contributed by atoms with Gasteiger partial charge in [-0.2, -0.15) is 0 Å². The Hall–Kier alpha value is -1.63. The van der Waals surface area contributed by atoms with E-state index in [0.29, 0.717) is 0 Å². The number of rotatable bonds is 8. The summed E-state index contributed by atoms with van der Waals surface area (Å²) in [4.78, 5) is 32.9. The molecular weight excluding hydrogens is 232 g/mol. The van der Waals surface area contributed by atoms with Gasteiger partial charge in [0.25, 0.3) is 0 Å². The molecule has 7 nitrogen and oxygen atoms in total. The van der Waals surface area contributed by atoms with E-state index in [-0.39, 0.29) is 13.2 Å². The van der Waals surface area contributed by atoms with Crippen molar-refractivity contribution in [2.24, 2.45) is 5.92 Å². The number of hydrogen-bond donors (Lipinski definition) is 2. The highest BCUT2D eigenvalue weighted by atomic mass is 16.5. The number of carboxylic acids is 2. The number of esters is 1. The normalized spacial score (nSPS) is 13.8. The number of ether oxygens (including phenoxy) is 2. The van der Waals surface area contributed by atoms with Crippen LogP contribution < -0.4 is 0 Å². The van der Waals surface area contributed by atoms with Crippen LogP contribution in [0, 0.1) is 5.92 Å². The summed E-state index contributed by atoms with van der Waals surface area (Å²) in [5.74, 6) is -5.03. The Morgan fingerprint density at radius 2 is 1.65 bits per heavy atom. The van der Waals surface area contributed by atoms with Crippen LogP contribution in [0.2, 0.25) is 0 Å². The first-order valence-corrected chi connectivity index (χ1v) is 5.16. The van der Waals surface area contributed by atoms with Crippen molar-refractivity contribution in [3.8, 4) is 0 Å². The summed E-state index contributed by atoms with van der Waals surface area (Å²) in [6.45, 7) is 3.27. The summed E-state index contributed by atoms with van der Waals surface area (Å²) in [6, 6.07) is 0. The third-order valence-corrected chi connectivity index (χ3v) is 1.96. The molecule has 2 unspecified atom stereocenters. The van der Waals surface area contributed by atoms with Crippen molar-refractivity contribution in [2.45, 2.75) is 26.4 Å². The van der Waals surface area contributed by atoms with Crippen LogP contribution >= 0.6 is 0 Å². The second kappa shape index (κ2) is 7.61. The van der Waals surface area contributed by atoms with Gasteiger partial charge in [-0.05, 0) is 13.8 Å². The van der Waals surface area contributed by atoms with Gasteiger partial charge in [0, 0.05) is 6.61 Å². The Morgan fingerprint density at radius 3 is 2.00 bits per heavy atom. The van der Waals surface area contributed by atoms with Crippen molar-refractivity contribution < 1.29 is 34.1 Å². The van der Waals surface area contributed by atoms with Gasteiger partial charge in [0.15, 0.2) is 6.10 Å². The molecule has 0 radical (unpaired) electrons. The van der Waals surface area contributed by atoms with Gasteiger partial charge in [0.1, 0.15) is 5.92 Å². The van der Waals surface area contributed by atoms with Crippen molar-refractivity contribution in [1.29, 1.82) is 0 Å². The molecule has 7 heteroatoms. The van der Waals surface area contributed by atoms with Gasteiger partial charge in [0.2, 0.25) is 0 Å². The number of carbonyl (C=O) groups excluding carboxylic acids is 1. The fourth-order valence-corrected chi connectivity index (χ4v) is 1.26. The van der Waals surface area contributed by atoms with E-state index in [2.05, 4.69) is 4.74 Å². The summed E-state index contributed by atoms with van der Waals surface area (Å²) in [5.41, 5.74) is 0. The molecule has 0 heterocycles. The molecule has 2 N–H and O–H groups in total. The quantitative estimate of drug-likeness (QED) is 0.587. The van der Waals surface area contributed by atoms with Gasteiger partial charge in [-0.15, -0.1) is 0 Å². The van der Waals surface area contributed by atoms with E-state index in [1.54, 1.807) is 13.8 Å². The molecule has 0 bridgehead atoms. The highest BCUT2D eigenvalue weighted by Gasteiger charge is 2.36. The van der Waals surface area contributed by atoms with E-state index in [4.69, 9.17) is 14.9 Å². The lowest BCUT2D eigenvalue weighted by Crippen LogP contribution is -2.38. The predicted octanol–water partition coefficient (Wildman–Crippen LogP) is 0.130. The highest BCUT2D eigenvalue weighted by molar-refractivity contribution is 5.85. The Kier molecular flexibility index (Phi) is 6.88. The molecule has 0 aromatic carbocycles. The molecule has 98 valence electrons. The minimum Gasteiger partial charge on any atom is -0.481 e. The molecule has 17 heavy (non-hydrogen) atoms. The largest absolute Gasteiger partial charge is 0.481 e. The van der Waals surface area contributed by atoms with Gasteiger partial charge >= 0.3 is 17.9 Å². The summed E-state index contributed by atoms with van der Waals surface area (Å²) >= 11 is 0. The molecule has 0 saturated carbocycles. The summed E-state index contributed by atoms with van der Waals surface area (Å²) < 4.78 is 9.40. The molecule has 0 spiro atoms. The lowest BCUT2D eigenvalue weighted by atomic mass is 9.98. The smallest absolute Gasteiger partial charge is 0.333 e. The van der Waals surface area contributed by atoms with Crippen LogP contribution in [0.3, 0.4) is 0 Å². The number of hydrogen-bond acceptors (Lipinski definition) is 5. The fraction of sp³-hybridized carbons (Fsp3) is 0.700.